The first kappa shape index (κ1) is 26.2. The van der Waals surface area contributed by atoms with Crippen molar-refractivity contribution in [3.05, 3.63) is 84.4 Å². The molecule has 3 aromatic carbocycles. The van der Waals surface area contributed by atoms with Gasteiger partial charge in [-0.05, 0) is 55.8 Å². The summed E-state index contributed by atoms with van der Waals surface area (Å²) in [5, 5.41) is 2.86. The largest absolute Gasteiger partial charge is 0.484 e. The van der Waals surface area contributed by atoms with E-state index in [0.29, 0.717) is 23.7 Å². The second kappa shape index (κ2) is 11.4. The van der Waals surface area contributed by atoms with E-state index >= 15 is 0 Å². The summed E-state index contributed by atoms with van der Waals surface area (Å²) in [7, 11) is -3.63. The molecule has 194 valence electrons. The van der Waals surface area contributed by atoms with Gasteiger partial charge in [0.25, 0.3) is 11.8 Å². The van der Waals surface area contributed by atoms with Crippen molar-refractivity contribution in [3.63, 3.8) is 0 Å². The highest BCUT2D eigenvalue weighted by molar-refractivity contribution is 7.89. The Morgan fingerprint density at radius 2 is 1.68 bits per heavy atom. The summed E-state index contributed by atoms with van der Waals surface area (Å²) < 4.78 is 38.6. The van der Waals surface area contributed by atoms with Crippen LogP contribution in [0.5, 0.6) is 11.5 Å². The van der Waals surface area contributed by atoms with Crippen LogP contribution in [-0.2, 0) is 26.2 Å². The first-order chi connectivity index (χ1) is 17.7. The molecule has 0 bridgehead atoms. The van der Waals surface area contributed by atoms with Gasteiger partial charge in [0.05, 0.1) is 17.1 Å². The van der Waals surface area contributed by atoms with E-state index in [1.54, 1.807) is 38.1 Å². The van der Waals surface area contributed by atoms with Gasteiger partial charge in [0, 0.05) is 12.6 Å². The summed E-state index contributed by atoms with van der Waals surface area (Å²) in [6, 6.07) is 22.1. The summed E-state index contributed by atoms with van der Waals surface area (Å²) >= 11 is 0. The molecule has 2 N–H and O–H groups in total. The molecule has 0 saturated carbocycles. The smallest absolute Gasteiger partial charge is 0.265 e. The normalized spacial score (nSPS) is 15.0. The average molecular weight is 524 g/mol. The van der Waals surface area contributed by atoms with Crippen molar-refractivity contribution in [1.82, 2.24) is 10.0 Å². The minimum Gasteiger partial charge on any atom is -0.484 e. The molecule has 4 rings (SSSR count). The fraction of sp³-hybridized carbons (Fsp3) is 0.259. The SMILES string of the molecule is CC(C)NS(=O)(=O)c1ccc(OCC(=O)N2C[C@H](C(=O)NCc3ccccc3)Oc3ccccc32)cc1. The Balaban J connectivity index is 1.41. The molecule has 2 amide bonds. The van der Waals surface area contributed by atoms with Crippen LogP contribution in [0, 0.1) is 0 Å². The van der Waals surface area contributed by atoms with Gasteiger partial charge in [0.15, 0.2) is 12.7 Å². The Labute approximate surface area is 216 Å². The lowest BCUT2D eigenvalue weighted by Gasteiger charge is -2.34. The van der Waals surface area contributed by atoms with E-state index in [1.165, 1.54) is 29.2 Å². The summed E-state index contributed by atoms with van der Waals surface area (Å²) in [4.78, 5) is 27.6. The van der Waals surface area contributed by atoms with Crippen molar-refractivity contribution < 1.29 is 27.5 Å². The minimum atomic E-state index is -3.63. The minimum absolute atomic E-state index is 0.0257. The van der Waals surface area contributed by atoms with Crippen LogP contribution in [0.1, 0.15) is 19.4 Å². The number of nitrogens with one attached hydrogen (secondary N) is 2. The first-order valence-electron chi connectivity index (χ1n) is 11.9. The molecule has 1 aliphatic heterocycles. The number of ether oxygens (including phenoxy) is 2. The van der Waals surface area contributed by atoms with E-state index < -0.39 is 16.1 Å². The third-order valence-electron chi connectivity index (χ3n) is 5.56. The number of amides is 2. The van der Waals surface area contributed by atoms with Gasteiger partial charge >= 0.3 is 0 Å². The second-order valence-corrected chi connectivity index (χ2v) is 10.5. The van der Waals surface area contributed by atoms with Crippen LogP contribution < -0.4 is 24.4 Å². The van der Waals surface area contributed by atoms with Crippen molar-refractivity contribution in [2.24, 2.45) is 0 Å². The lowest BCUT2D eigenvalue weighted by atomic mass is 10.1. The van der Waals surface area contributed by atoms with Crippen molar-refractivity contribution in [2.75, 3.05) is 18.1 Å². The third-order valence-corrected chi connectivity index (χ3v) is 7.24. The molecule has 0 aromatic heterocycles. The quantitative estimate of drug-likeness (QED) is 0.446. The molecule has 0 aliphatic carbocycles. The molecule has 1 atom stereocenters. The highest BCUT2D eigenvalue weighted by Crippen LogP contribution is 2.33. The van der Waals surface area contributed by atoms with Gasteiger partial charge in [-0.3, -0.25) is 9.59 Å². The van der Waals surface area contributed by atoms with E-state index in [4.69, 9.17) is 9.47 Å². The van der Waals surface area contributed by atoms with E-state index in [-0.39, 0.29) is 35.9 Å². The van der Waals surface area contributed by atoms with Gasteiger partial charge in [-0.25, -0.2) is 13.1 Å². The van der Waals surface area contributed by atoms with Crippen LogP contribution in [0.15, 0.2) is 83.8 Å². The van der Waals surface area contributed by atoms with Crippen LogP contribution in [-0.4, -0.2) is 45.5 Å². The lowest BCUT2D eigenvalue weighted by molar-refractivity contribution is -0.128. The summed E-state index contributed by atoms with van der Waals surface area (Å²) in [5.41, 5.74) is 1.50. The number of carbonyl (C=O) groups is 2. The summed E-state index contributed by atoms with van der Waals surface area (Å²) in [6.07, 6.45) is -0.888. The zero-order valence-corrected chi connectivity index (χ0v) is 21.4. The molecule has 0 saturated heterocycles. The van der Waals surface area contributed by atoms with Crippen LogP contribution >= 0.6 is 0 Å². The number of benzene rings is 3. The fourth-order valence-electron chi connectivity index (χ4n) is 3.82. The number of sulfonamides is 1. The second-order valence-electron chi connectivity index (χ2n) is 8.82. The number of anilines is 1. The molecule has 0 radical (unpaired) electrons. The maximum atomic E-state index is 13.1. The van der Waals surface area contributed by atoms with Gasteiger partial charge in [-0.15, -0.1) is 0 Å². The maximum Gasteiger partial charge on any atom is 0.265 e. The highest BCUT2D eigenvalue weighted by atomic mass is 32.2. The maximum absolute atomic E-state index is 13.1. The van der Waals surface area contributed by atoms with Crippen molar-refractivity contribution in [3.8, 4) is 11.5 Å². The van der Waals surface area contributed by atoms with Crippen molar-refractivity contribution >= 4 is 27.5 Å². The Morgan fingerprint density at radius 3 is 2.38 bits per heavy atom. The van der Waals surface area contributed by atoms with E-state index in [2.05, 4.69) is 10.0 Å². The Kier molecular flexibility index (Phi) is 8.10. The summed E-state index contributed by atoms with van der Waals surface area (Å²) in [5.74, 6) is 0.0726. The molecule has 0 unspecified atom stereocenters. The number of carbonyl (C=O) groups excluding carboxylic acids is 2. The van der Waals surface area contributed by atoms with Crippen LogP contribution in [0.2, 0.25) is 0 Å². The molecule has 10 heteroatoms. The molecule has 0 fully saturated rings. The van der Waals surface area contributed by atoms with Gasteiger partial charge < -0.3 is 19.7 Å². The molecule has 1 aliphatic rings. The van der Waals surface area contributed by atoms with Crippen molar-refractivity contribution in [2.45, 2.75) is 37.4 Å². The number of hydrogen-bond acceptors (Lipinski definition) is 6. The zero-order valence-electron chi connectivity index (χ0n) is 20.6. The molecule has 0 spiro atoms. The fourth-order valence-corrected chi connectivity index (χ4v) is 5.07. The first-order valence-corrected chi connectivity index (χ1v) is 13.3. The molecule has 3 aromatic rings. The lowest BCUT2D eigenvalue weighted by Crippen LogP contribution is -2.51. The average Bonchev–Trinajstić information content (AvgIpc) is 2.89. The van der Waals surface area contributed by atoms with E-state index in [9.17, 15) is 18.0 Å². The zero-order chi connectivity index (χ0) is 26.4. The van der Waals surface area contributed by atoms with Crippen LogP contribution in [0.4, 0.5) is 5.69 Å². The number of rotatable bonds is 9. The number of nitrogens with zero attached hydrogens (tertiary/aromatic N) is 1. The van der Waals surface area contributed by atoms with E-state index in [0.717, 1.165) is 5.56 Å². The predicted molar refractivity (Wildman–Crippen MR) is 139 cm³/mol. The molecule has 9 nitrogen and oxygen atoms in total. The Bertz CT molecular complexity index is 1340. The monoisotopic (exact) mass is 523 g/mol. The van der Waals surface area contributed by atoms with Crippen LogP contribution in [0.25, 0.3) is 0 Å². The van der Waals surface area contributed by atoms with Gasteiger partial charge in [0.2, 0.25) is 10.0 Å². The van der Waals surface area contributed by atoms with Gasteiger partial charge in [-0.1, -0.05) is 42.5 Å². The molecular formula is C27H29N3O6S. The number of hydrogen-bond donors (Lipinski definition) is 2. The summed E-state index contributed by atoms with van der Waals surface area (Å²) in [6.45, 7) is 3.54. The van der Waals surface area contributed by atoms with Gasteiger partial charge in [-0.2, -0.15) is 0 Å². The van der Waals surface area contributed by atoms with E-state index in [1.807, 2.05) is 30.3 Å². The topological polar surface area (TPSA) is 114 Å². The third kappa shape index (κ3) is 6.66. The van der Waals surface area contributed by atoms with Crippen LogP contribution in [0.3, 0.4) is 0 Å². The molecule has 1 heterocycles. The number of fused-ring (bicyclic) bond motifs is 1. The standard InChI is InChI=1S/C27H29N3O6S/c1-19(2)29-37(33,34)22-14-12-21(13-15-22)35-18-26(31)30-17-25(36-24-11-7-6-10-23(24)30)27(32)28-16-20-8-4-3-5-9-20/h3-15,19,25,29H,16-18H2,1-2H3,(H,28,32)/t25-/m1/s1. The Morgan fingerprint density at radius 1 is 1.00 bits per heavy atom. The highest BCUT2D eigenvalue weighted by Gasteiger charge is 2.33. The molecular weight excluding hydrogens is 494 g/mol. The predicted octanol–water partition coefficient (Wildman–Crippen LogP) is 2.86. The molecule has 37 heavy (non-hydrogen) atoms. The van der Waals surface area contributed by atoms with Crippen molar-refractivity contribution in [1.29, 1.82) is 0 Å². The Hall–Kier alpha value is -3.89. The van der Waals surface area contributed by atoms with Gasteiger partial charge in [0.1, 0.15) is 11.5 Å². The number of para-hydroxylation sites is 2.